The van der Waals surface area contributed by atoms with E-state index in [1.807, 2.05) is 55.5 Å². The van der Waals surface area contributed by atoms with Crippen molar-refractivity contribution in [3.63, 3.8) is 0 Å². The van der Waals surface area contributed by atoms with Crippen LogP contribution in [0.25, 0.3) is 10.9 Å². The number of nitrogens with one attached hydrogen (secondary N) is 1. The van der Waals surface area contributed by atoms with Gasteiger partial charge in [0, 0.05) is 10.4 Å². The maximum Gasteiger partial charge on any atom is 0.230 e. The summed E-state index contributed by atoms with van der Waals surface area (Å²) in [6.45, 7) is 1.92. The van der Waals surface area contributed by atoms with Crippen molar-refractivity contribution in [2.45, 2.75) is 18.0 Å². The molecule has 0 fully saturated rings. The number of benzene rings is 2. The third-order valence-electron chi connectivity index (χ3n) is 3.60. The third-order valence-corrected chi connectivity index (χ3v) is 4.94. The van der Waals surface area contributed by atoms with Crippen molar-refractivity contribution in [2.75, 3.05) is 5.75 Å². The van der Waals surface area contributed by atoms with Gasteiger partial charge in [-0.2, -0.15) is 0 Å². The van der Waals surface area contributed by atoms with Crippen LogP contribution in [0.2, 0.25) is 5.02 Å². The van der Waals surface area contributed by atoms with Crippen molar-refractivity contribution < 1.29 is 4.79 Å². The minimum atomic E-state index is -0.144. The Morgan fingerprint density at radius 2 is 1.92 bits per heavy atom. The standard InChI is InChI=1S/C18H16ClN3OS/c1-12(13-6-2-4-8-15(13)19)22-17(23)10-24-18-14-7-3-5-9-16(14)20-11-21-18/h2-9,11-12H,10H2,1H3,(H,22,23)/t12-/m0/s1. The maximum absolute atomic E-state index is 12.2. The molecule has 1 N–H and O–H groups in total. The van der Waals surface area contributed by atoms with Crippen molar-refractivity contribution in [1.29, 1.82) is 0 Å². The van der Waals surface area contributed by atoms with Gasteiger partial charge in [-0.25, -0.2) is 9.97 Å². The molecule has 1 atom stereocenters. The molecule has 6 heteroatoms. The summed E-state index contributed by atoms with van der Waals surface area (Å²) in [5, 5.41) is 5.38. The van der Waals surface area contributed by atoms with E-state index in [4.69, 9.17) is 11.6 Å². The predicted molar refractivity (Wildman–Crippen MR) is 98.3 cm³/mol. The van der Waals surface area contributed by atoms with Gasteiger partial charge in [0.05, 0.1) is 17.3 Å². The molecule has 0 radical (unpaired) electrons. The molecule has 0 spiro atoms. The number of halogens is 1. The topological polar surface area (TPSA) is 54.9 Å². The molecular weight excluding hydrogens is 342 g/mol. The molecule has 0 aliphatic carbocycles. The number of thioether (sulfide) groups is 1. The second kappa shape index (κ2) is 7.64. The first-order valence-electron chi connectivity index (χ1n) is 7.51. The Morgan fingerprint density at radius 3 is 2.75 bits per heavy atom. The van der Waals surface area contributed by atoms with Crippen molar-refractivity contribution in [1.82, 2.24) is 15.3 Å². The summed E-state index contributed by atoms with van der Waals surface area (Å²) >= 11 is 7.57. The van der Waals surface area contributed by atoms with E-state index in [1.54, 1.807) is 0 Å². The van der Waals surface area contributed by atoms with E-state index < -0.39 is 0 Å². The van der Waals surface area contributed by atoms with Gasteiger partial charge < -0.3 is 5.32 Å². The van der Waals surface area contributed by atoms with Crippen molar-refractivity contribution in [3.05, 3.63) is 65.4 Å². The highest BCUT2D eigenvalue weighted by Crippen LogP contribution is 2.25. The molecule has 24 heavy (non-hydrogen) atoms. The van der Waals surface area contributed by atoms with Crippen LogP contribution in [-0.4, -0.2) is 21.6 Å². The van der Waals surface area contributed by atoms with E-state index >= 15 is 0 Å². The highest BCUT2D eigenvalue weighted by molar-refractivity contribution is 8.00. The second-order valence-electron chi connectivity index (χ2n) is 5.30. The summed E-state index contributed by atoms with van der Waals surface area (Å²) < 4.78 is 0. The molecule has 1 amide bonds. The maximum atomic E-state index is 12.2. The zero-order valence-corrected chi connectivity index (χ0v) is 14.6. The van der Waals surface area contributed by atoms with Gasteiger partial charge in [0.15, 0.2) is 0 Å². The molecule has 1 heterocycles. The van der Waals surface area contributed by atoms with Gasteiger partial charge in [0.1, 0.15) is 11.4 Å². The molecule has 3 rings (SSSR count). The van der Waals surface area contributed by atoms with Crippen LogP contribution in [0.3, 0.4) is 0 Å². The normalized spacial score (nSPS) is 12.1. The smallest absolute Gasteiger partial charge is 0.230 e. The zero-order valence-electron chi connectivity index (χ0n) is 13.1. The number of nitrogens with zero attached hydrogens (tertiary/aromatic N) is 2. The molecule has 2 aromatic carbocycles. The van der Waals surface area contributed by atoms with E-state index in [2.05, 4.69) is 15.3 Å². The fraction of sp³-hybridized carbons (Fsp3) is 0.167. The summed E-state index contributed by atoms with van der Waals surface area (Å²) in [6.07, 6.45) is 1.52. The number of hydrogen-bond acceptors (Lipinski definition) is 4. The number of amides is 1. The number of hydrogen-bond donors (Lipinski definition) is 1. The molecule has 0 aliphatic heterocycles. The number of para-hydroxylation sites is 1. The molecule has 0 aliphatic rings. The van der Waals surface area contributed by atoms with E-state index in [-0.39, 0.29) is 17.7 Å². The van der Waals surface area contributed by atoms with Crippen LogP contribution in [0.1, 0.15) is 18.5 Å². The number of rotatable bonds is 5. The minimum Gasteiger partial charge on any atom is -0.349 e. The van der Waals surface area contributed by atoms with Gasteiger partial charge in [0.25, 0.3) is 0 Å². The Bertz CT molecular complexity index is 866. The molecule has 1 aromatic heterocycles. The molecule has 0 saturated carbocycles. The van der Waals surface area contributed by atoms with Crippen LogP contribution < -0.4 is 5.32 Å². The van der Waals surface area contributed by atoms with Gasteiger partial charge in [-0.05, 0) is 24.6 Å². The minimum absolute atomic E-state index is 0.0601. The highest BCUT2D eigenvalue weighted by Gasteiger charge is 2.13. The first-order valence-corrected chi connectivity index (χ1v) is 8.88. The number of carbonyl (C=O) groups excluding carboxylic acids is 1. The van der Waals surface area contributed by atoms with E-state index in [1.165, 1.54) is 18.1 Å². The zero-order chi connectivity index (χ0) is 16.9. The fourth-order valence-corrected chi connectivity index (χ4v) is 3.52. The average molecular weight is 358 g/mol. The summed E-state index contributed by atoms with van der Waals surface area (Å²) in [6, 6.07) is 15.1. The third kappa shape index (κ3) is 3.86. The summed E-state index contributed by atoms with van der Waals surface area (Å²) in [5.41, 5.74) is 1.78. The first kappa shape index (κ1) is 16.7. The monoisotopic (exact) mass is 357 g/mol. The summed E-state index contributed by atoms with van der Waals surface area (Å²) in [7, 11) is 0. The lowest BCUT2D eigenvalue weighted by atomic mass is 10.1. The van der Waals surface area contributed by atoms with Crippen LogP contribution in [0.15, 0.2) is 59.9 Å². The van der Waals surface area contributed by atoms with E-state index in [9.17, 15) is 4.79 Å². The van der Waals surface area contributed by atoms with Gasteiger partial charge in [-0.3, -0.25) is 4.79 Å². The average Bonchev–Trinajstić information content (AvgIpc) is 2.60. The molecule has 4 nitrogen and oxygen atoms in total. The van der Waals surface area contributed by atoms with Crippen molar-refractivity contribution >= 4 is 40.2 Å². The van der Waals surface area contributed by atoms with Crippen molar-refractivity contribution in [3.8, 4) is 0 Å². The molecule has 0 unspecified atom stereocenters. The Balaban J connectivity index is 1.64. The fourth-order valence-electron chi connectivity index (χ4n) is 2.42. The molecule has 0 bridgehead atoms. The van der Waals surface area contributed by atoms with Gasteiger partial charge in [-0.15, -0.1) is 0 Å². The molecular formula is C18H16ClN3OS. The molecule has 3 aromatic rings. The Labute approximate surface area is 149 Å². The second-order valence-corrected chi connectivity index (χ2v) is 6.67. The number of fused-ring (bicyclic) bond motifs is 1. The van der Waals surface area contributed by atoms with Crippen molar-refractivity contribution in [2.24, 2.45) is 0 Å². The lowest BCUT2D eigenvalue weighted by molar-refractivity contribution is -0.119. The van der Waals surface area contributed by atoms with Gasteiger partial charge >= 0.3 is 0 Å². The summed E-state index contributed by atoms with van der Waals surface area (Å²) in [4.78, 5) is 20.7. The van der Waals surface area contributed by atoms with Crippen LogP contribution in [0.4, 0.5) is 0 Å². The van der Waals surface area contributed by atoms with Gasteiger partial charge in [-0.1, -0.05) is 59.8 Å². The van der Waals surface area contributed by atoms with E-state index in [0.717, 1.165) is 21.5 Å². The van der Waals surface area contributed by atoms with Crippen LogP contribution in [-0.2, 0) is 4.79 Å². The lowest BCUT2D eigenvalue weighted by Crippen LogP contribution is -2.28. The molecule has 0 saturated heterocycles. The van der Waals surface area contributed by atoms with Crippen LogP contribution >= 0.6 is 23.4 Å². The highest BCUT2D eigenvalue weighted by atomic mass is 35.5. The summed E-state index contributed by atoms with van der Waals surface area (Å²) in [5.74, 6) is 0.227. The Kier molecular flexibility index (Phi) is 5.33. The van der Waals surface area contributed by atoms with Crippen LogP contribution in [0, 0.1) is 0 Å². The lowest BCUT2D eigenvalue weighted by Gasteiger charge is -2.15. The van der Waals surface area contributed by atoms with Gasteiger partial charge in [0.2, 0.25) is 5.91 Å². The Morgan fingerprint density at radius 1 is 1.17 bits per heavy atom. The largest absolute Gasteiger partial charge is 0.349 e. The number of carbonyl (C=O) groups is 1. The first-order chi connectivity index (χ1) is 11.6. The molecule has 122 valence electrons. The van der Waals surface area contributed by atoms with E-state index in [0.29, 0.717) is 5.02 Å². The SMILES string of the molecule is C[C@H](NC(=O)CSc1ncnc2ccccc12)c1ccccc1Cl. The quantitative estimate of drug-likeness (QED) is 0.547. The van der Waals surface area contributed by atoms with Crippen LogP contribution in [0.5, 0.6) is 0 Å². The Hall–Kier alpha value is -2.11. The predicted octanol–water partition coefficient (Wildman–Crippen LogP) is 4.25. The number of aromatic nitrogens is 2.